The lowest BCUT2D eigenvalue weighted by atomic mass is 10.1. The number of benzene rings is 2. The third-order valence-corrected chi connectivity index (χ3v) is 5.34. The predicted octanol–water partition coefficient (Wildman–Crippen LogP) is 2.25. The van der Waals surface area contributed by atoms with Gasteiger partial charge in [0.2, 0.25) is 10.0 Å². The second kappa shape index (κ2) is 7.74. The molecule has 0 N–H and O–H groups in total. The molecule has 0 saturated carbocycles. The zero-order valence-corrected chi connectivity index (χ0v) is 14.5. The van der Waals surface area contributed by atoms with Crippen LogP contribution in [0.15, 0.2) is 41.3 Å². The number of rotatable bonds is 7. The molecule has 0 aliphatic heterocycles. The highest BCUT2D eigenvalue weighted by Crippen LogP contribution is 2.24. The van der Waals surface area contributed by atoms with E-state index in [0.717, 1.165) is 9.69 Å². The molecule has 2 rings (SSSR count). The minimum absolute atomic E-state index is 0.0107. The van der Waals surface area contributed by atoms with Gasteiger partial charge in [0.05, 0.1) is 18.0 Å². The first kappa shape index (κ1) is 18.4. The molecule has 8 heteroatoms. The van der Waals surface area contributed by atoms with Gasteiger partial charge in [-0.25, -0.2) is 8.42 Å². The number of hydrogen-bond acceptors (Lipinski definition) is 5. The molecule has 2 aromatic rings. The lowest BCUT2D eigenvalue weighted by Gasteiger charge is -2.19. The summed E-state index contributed by atoms with van der Waals surface area (Å²) in [5.74, 6) is -0.713. The Hall–Kier alpha value is -1.96. The van der Waals surface area contributed by atoms with Gasteiger partial charge in [0.25, 0.3) is 0 Å². The molecule has 0 atom stereocenters. The van der Waals surface area contributed by atoms with Gasteiger partial charge >= 0.3 is 5.97 Å². The quantitative estimate of drug-likeness (QED) is 0.552. The highest BCUT2D eigenvalue weighted by Gasteiger charge is 2.27. The Morgan fingerprint density at radius 3 is 2.54 bits per heavy atom. The number of halogens is 1. The second-order valence-electron chi connectivity index (χ2n) is 4.92. The van der Waals surface area contributed by atoms with E-state index in [4.69, 9.17) is 16.3 Å². The van der Waals surface area contributed by atoms with Gasteiger partial charge in [-0.1, -0.05) is 23.7 Å². The van der Waals surface area contributed by atoms with Crippen LogP contribution in [0.25, 0.3) is 10.8 Å². The summed E-state index contributed by atoms with van der Waals surface area (Å²) >= 11 is 5.91. The van der Waals surface area contributed by atoms with Crippen molar-refractivity contribution in [1.82, 2.24) is 4.31 Å². The molecule has 0 radical (unpaired) electrons. The van der Waals surface area contributed by atoms with Crippen LogP contribution in [-0.4, -0.2) is 44.7 Å². The Labute approximate surface area is 145 Å². The summed E-state index contributed by atoms with van der Waals surface area (Å²) in [6.45, 7) is 0.794. The minimum atomic E-state index is -4.01. The summed E-state index contributed by atoms with van der Waals surface area (Å²) in [4.78, 5) is 22.4. The number of sulfonamides is 1. The topological polar surface area (TPSA) is 80.8 Å². The van der Waals surface area contributed by atoms with E-state index >= 15 is 0 Å². The van der Waals surface area contributed by atoms with Crippen LogP contribution >= 0.6 is 11.6 Å². The molecule has 2 aromatic carbocycles. The molecule has 0 saturated heterocycles. The van der Waals surface area contributed by atoms with Crippen molar-refractivity contribution in [1.29, 1.82) is 0 Å². The van der Waals surface area contributed by atoms with Crippen LogP contribution in [0.5, 0.6) is 0 Å². The SMILES string of the molecule is CCOC(=O)CN(CC=O)S(=O)(=O)c1ccc2cc(Cl)ccc2c1. The van der Waals surface area contributed by atoms with Gasteiger partial charge in [0.1, 0.15) is 12.8 Å². The van der Waals surface area contributed by atoms with Gasteiger partial charge in [-0.15, -0.1) is 0 Å². The summed E-state index contributed by atoms with van der Waals surface area (Å²) in [7, 11) is -4.01. The lowest BCUT2D eigenvalue weighted by Crippen LogP contribution is -2.37. The van der Waals surface area contributed by atoms with Gasteiger partial charge < -0.3 is 9.53 Å². The van der Waals surface area contributed by atoms with E-state index in [1.54, 1.807) is 31.2 Å². The van der Waals surface area contributed by atoms with Crippen LogP contribution in [-0.2, 0) is 24.3 Å². The second-order valence-corrected chi connectivity index (χ2v) is 7.30. The normalized spacial score (nSPS) is 11.6. The molecule has 0 amide bonds. The average molecular weight is 370 g/mol. The van der Waals surface area contributed by atoms with Crippen LogP contribution in [0.3, 0.4) is 0 Å². The zero-order chi connectivity index (χ0) is 17.7. The highest BCUT2D eigenvalue weighted by molar-refractivity contribution is 7.89. The monoisotopic (exact) mass is 369 g/mol. The van der Waals surface area contributed by atoms with E-state index in [-0.39, 0.29) is 11.5 Å². The van der Waals surface area contributed by atoms with Crippen LogP contribution in [0.4, 0.5) is 0 Å². The molecule has 128 valence electrons. The number of carbonyl (C=O) groups excluding carboxylic acids is 2. The molecule has 24 heavy (non-hydrogen) atoms. The molecule has 0 aliphatic carbocycles. The molecule has 0 aromatic heterocycles. The summed E-state index contributed by atoms with van der Waals surface area (Å²) in [6, 6.07) is 9.59. The van der Waals surface area contributed by atoms with Crippen molar-refractivity contribution in [3.8, 4) is 0 Å². The van der Waals surface area contributed by atoms with Crippen molar-refractivity contribution in [2.75, 3.05) is 19.7 Å². The third-order valence-electron chi connectivity index (χ3n) is 3.30. The van der Waals surface area contributed by atoms with Crippen molar-refractivity contribution in [3.05, 3.63) is 41.4 Å². The molecule has 6 nitrogen and oxygen atoms in total. The molecule has 0 bridgehead atoms. The van der Waals surface area contributed by atoms with Gasteiger partial charge in [0.15, 0.2) is 0 Å². The number of esters is 1. The van der Waals surface area contributed by atoms with Crippen molar-refractivity contribution in [2.45, 2.75) is 11.8 Å². The van der Waals surface area contributed by atoms with Gasteiger partial charge in [-0.2, -0.15) is 4.31 Å². The van der Waals surface area contributed by atoms with E-state index in [0.29, 0.717) is 16.7 Å². The summed E-state index contributed by atoms with van der Waals surface area (Å²) < 4.78 is 31.0. The highest BCUT2D eigenvalue weighted by atomic mass is 35.5. The van der Waals surface area contributed by atoms with E-state index in [1.165, 1.54) is 12.1 Å². The van der Waals surface area contributed by atoms with Crippen LogP contribution in [0.1, 0.15) is 6.92 Å². The van der Waals surface area contributed by atoms with E-state index in [1.807, 2.05) is 0 Å². The van der Waals surface area contributed by atoms with Crippen LogP contribution in [0, 0.1) is 0 Å². The Kier molecular flexibility index (Phi) is 5.93. The molecular weight excluding hydrogens is 354 g/mol. The predicted molar refractivity (Wildman–Crippen MR) is 90.4 cm³/mol. The van der Waals surface area contributed by atoms with Gasteiger partial charge in [-0.05, 0) is 42.0 Å². The molecule has 0 spiro atoms. The maximum atomic E-state index is 12.7. The standard InChI is InChI=1S/C16H16ClNO5S/c1-2-23-16(20)11-18(7-8-19)24(21,22)15-6-4-12-9-14(17)5-3-13(12)10-15/h3-6,8-10H,2,7,11H2,1H3. The molecule has 0 fully saturated rings. The summed E-state index contributed by atoms with van der Waals surface area (Å²) in [6.07, 6.45) is 0.428. The van der Waals surface area contributed by atoms with Crippen molar-refractivity contribution < 1.29 is 22.7 Å². The lowest BCUT2D eigenvalue weighted by molar-refractivity contribution is -0.143. The molecular formula is C16H16ClNO5S. The fourth-order valence-electron chi connectivity index (χ4n) is 2.19. The third kappa shape index (κ3) is 4.11. The van der Waals surface area contributed by atoms with Crippen LogP contribution in [0.2, 0.25) is 5.02 Å². The number of aldehydes is 1. The van der Waals surface area contributed by atoms with Crippen LogP contribution < -0.4 is 0 Å². The zero-order valence-electron chi connectivity index (χ0n) is 12.9. The van der Waals surface area contributed by atoms with E-state index in [9.17, 15) is 18.0 Å². The first-order valence-electron chi connectivity index (χ1n) is 7.17. The maximum Gasteiger partial charge on any atom is 0.321 e. The van der Waals surface area contributed by atoms with E-state index < -0.39 is 29.1 Å². The fourth-order valence-corrected chi connectivity index (χ4v) is 3.71. The molecule has 0 unspecified atom stereocenters. The Balaban J connectivity index is 2.40. The Morgan fingerprint density at radius 2 is 1.88 bits per heavy atom. The average Bonchev–Trinajstić information content (AvgIpc) is 2.54. The maximum absolute atomic E-state index is 12.7. The van der Waals surface area contributed by atoms with Gasteiger partial charge in [-0.3, -0.25) is 4.79 Å². The summed E-state index contributed by atoms with van der Waals surface area (Å²) in [5, 5.41) is 2.01. The summed E-state index contributed by atoms with van der Waals surface area (Å²) in [5.41, 5.74) is 0. The smallest absolute Gasteiger partial charge is 0.321 e. The first-order valence-corrected chi connectivity index (χ1v) is 8.99. The Morgan fingerprint density at radius 1 is 1.21 bits per heavy atom. The number of ether oxygens (including phenoxy) is 1. The largest absolute Gasteiger partial charge is 0.465 e. The van der Waals surface area contributed by atoms with Gasteiger partial charge in [0, 0.05) is 5.02 Å². The first-order chi connectivity index (χ1) is 11.4. The van der Waals surface area contributed by atoms with Crippen molar-refractivity contribution >= 4 is 44.7 Å². The van der Waals surface area contributed by atoms with Crippen molar-refractivity contribution in [2.24, 2.45) is 0 Å². The number of carbonyl (C=O) groups is 2. The fraction of sp³-hybridized carbons (Fsp3) is 0.250. The van der Waals surface area contributed by atoms with Crippen molar-refractivity contribution in [3.63, 3.8) is 0 Å². The molecule has 0 aliphatic rings. The number of nitrogens with zero attached hydrogens (tertiary/aromatic N) is 1. The van der Waals surface area contributed by atoms with E-state index in [2.05, 4.69) is 0 Å². The minimum Gasteiger partial charge on any atom is -0.465 e. The Bertz CT molecular complexity index is 866. The number of hydrogen-bond donors (Lipinski definition) is 0. The molecule has 0 heterocycles. The number of fused-ring (bicyclic) bond motifs is 1.